The van der Waals surface area contributed by atoms with Gasteiger partial charge in [-0.2, -0.15) is 5.10 Å². The third-order valence-corrected chi connectivity index (χ3v) is 4.56. The first-order valence-corrected chi connectivity index (χ1v) is 7.82. The number of nitrogens with zero attached hydrogens (tertiary/aromatic N) is 3. The number of aryl methyl sites for hydroxylation is 1. The lowest BCUT2D eigenvalue weighted by molar-refractivity contribution is 0.282. The summed E-state index contributed by atoms with van der Waals surface area (Å²) in [7, 11) is 0. The van der Waals surface area contributed by atoms with E-state index >= 15 is 0 Å². The van der Waals surface area contributed by atoms with Gasteiger partial charge in [-0.1, -0.05) is 32.6 Å². The number of H-pyrrole nitrogens is 1. The molecule has 6 heteroatoms. The van der Waals surface area contributed by atoms with Crippen LogP contribution in [0.1, 0.15) is 44.9 Å². The van der Waals surface area contributed by atoms with Crippen LogP contribution in [0.15, 0.2) is 10.9 Å². The zero-order chi connectivity index (χ0) is 14.8. The highest BCUT2D eigenvalue weighted by molar-refractivity contribution is 5.49. The van der Waals surface area contributed by atoms with Crippen molar-refractivity contribution in [2.24, 2.45) is 11.8 Å². The van der Waals surface area contributed by atoms with Crippen molar-refractivity contribution in [1.29, 1.82) is 0 Å². The lowest BCUT2D eigenvalue weighted by Gasteiger charge is -2.26. The van der Waals surface area contributed by atoms with Crippen LogP contribution in [0.3, 0.4) is 0 Å². The van der Waals surface area contributed by atoms with E-state index in [4.69, 9.17) is 0 Å². The fourth-order valence-corrected chi connectivity index (χ4v) is 3.21. The Bertz CT molecular complexity index is 666. The van der Waals surface area contributed by atoms with Gasteiger partial charge in [0.15, 0.2) is 5.65 Å². The molecule has 1 aliphatic rings. The lowest BCUT2D eigenvalue weighted by atomic mass is 9.81. The van der Waals surface area contributed by atoms with Crippen molar-refractivity contribution in [2.45, 2.75) is 46.0 Å². The molecular weight excluding hydrogens is 266 g/mol. The van der Waals surface area contributed by atoms with Crippen LogP contribution in [0.2, 0.25) is 0 Å². The van der Waals surface area contributed by atoms with Crippen LogP contribution < -0.4 is 11.0 Å². The van der Waals surface area contributed by atoms with Gasteiger partial charge in [-0.3, -0.25) is 0 Å². The molecule has 0 amide bonds. The number of rotatable bonds is 4. The molecule has 3 rings (SSSR count). The van der Waals surface area contributed by atoms with E-state index in [-0.39, 0.29) is 5.69 Å². The monoisotopic (exact) mass is 289 g/mol. The largest absolute Gasteiger partial charge is 0.370 e. The van der Waals surface area contributed by atoms with Gasteiger partial charge in [0, 0.05) is 12.6 Å². The van der Waals surface area contributed by atoms with Crippen LogP contribution in [-0.4, -0.2) is 26.1 Å². The van der Waals surface area contributed by atoms with Gasteiger partial charge in [0.05, 0.1) is 0 Å². The number of fused-ring (bicyclic) bond motifs is 1. The van der Waals surface area contributed by atoms with Gasteiger partial charge in [-0.15, -0.1) is 0 Å². The summed E-state index contributed by atoms with van der Waals surface area (Å²) < 4.78 is 1.48. The van der Waals surface area contributed by atoms with Crippen LogP contribution in [0.5, 0.6) is 0 Å². The van der Waals surface area contributed by atoms with E-state index in [1.54, 1.807) is 0 Å². The van der Waals surface area contributed by atoms with Crippen LogP contribution in [0.25, 0.3) is 5.65 Å². The zero-order valence-corrected chi connectivity index (χ0v) is 12.7. The fraction of sp³-hybridized carbons (Fsp3) is 0.667. The highest BCUT2D eigenvalue weighted by atomic mass is 16.1. The molecular formula is C15H23N5O. The molecule has 0 unspecified atom stereocenters. The van der Waals surface area contributed by atoms with E-state index in [0.717, 1.165) is 24.2 Å². The second-order valence-corrected chi connectivity index (χ2v) is 6.25. The van der Waals surface area contributed by atoms with E-state index in [9.17, 15) is 4.79 Å². The Labute approximate surface area is 124 Å². The summed E-state index contributed by atoms with van der Waals surface area (Å²) in [6, 6.07) is 1.81. The minimum absolute atomic E-state index is 0.238. The Kier molecular flexibility index (Phi) is 3.94. The maximum Gasteiger partial charge on any atom is 0.349 e. The average molecular weight is 289 g/mol. The number of nitrogens with one attached hydrogen (secondary N) is 2. The van der Waals surface area contributed by atoms with Gasteiger partial charge in [-0.25, -0.2) is 19.3 Å². The molecule has 2 aromatic heterocycles. The first-order valence-electron chi connectivity index (χ1n) is 7.82. The molecule has 1 aliphatic carbocycles. The smallest absolute Gasteiger partial charge is 0.349 e. The number of anilines is 1. The minimum Gasteiger partial charge on any atom is -0.370 e. The van der Waals surface area contributed by atoms with Gasteiger partial charge >= 0.3 is 5.69 Å². The summed E-state index contributed by atoms with van der Waals surface area (Å²) in [4.78, 5) is 16.0. The topological polar surface area (TPSA) is 75.1 Å². The molecule has 0 radical (unpaired) electrons. The summed E-state index contributed by atoms with van der Waals surface area (Å²) in [6.45, 7) is 5.09. The van der Waals surface area contributed by atoms with E-state index < -0.39 is 0 Å². The Balaban J connectivity index is 1.59. The Morgan fingerprint density at radius 2 is 2.14 bits per heavy atom. The molecule has 2 N–H and O–H groups in total. The Morgan fingerprint density at radius 1 is 1.38 bits per heavy atom. The van der Waals surface area contributed by atoms with Gasteiger partial charge in [0.25, 0.3) is 0 Å². The van der Waals surface area contributed by atoms with E-state index in [2.05, 4.69) is 27.4 Å². The van der Waals surface area contributed by atoms with Crippen LogP contribution in [0.4, 0.5) is 5.82 Å². The summed E-state index contributed by atoms with van der Waals surface area (Å²) in [5.41, 5.74) is 0.374. The van der Waals surface area contributed by atoms with Crippen molar-refractivity contribution in [2.75, 3.05) is 11.9 Å². The standard InChI is InChI=1S/C15H23N5O/c1-10-3-5-12(6-4-10)7-8-16-13-9-14-18-19-15(21)20(14)11(2)17-13/h9-10,12,16H,3-8H2,1-2H3,(H,19,21). The number of hydrogen-bond donors (Lipinski definition) is 2. The van der Waals surface area contributed by atoms with Crippen LogP contribution >= 0.6 is 0 Å². The normalized spacial score (nSPS) is 22.6. The molecule has 114 valence electrons. The molecule has 0 aliphatic heterocycles. The van der Waals surface area contributed by atoms with Crippen LogP contribution in [-0.2, 0) is 0 Å². The number of hydrogen-bond acceptors (Lipinski definition) is 4. The second kappa shape index (κ2) is 5.87. The summed E-state index contributed by atoms with van der Waals surface area (Å²) in [5, 5.41) is 9.80. The van der Waals surface area contributed by atoms with Crippen molar-refractivity contribution in [1.82, 2.24) is 19.6 Å². The second-order valence-electron chi connectivity index (χ2n) is 6.25. The summed E-state index contributed by atoms with van der Waals surface area (Å²) >= 11 is 0. The van der Waals surface area contributed by atoms with E-state index in [1.165, 1.54) is 36.5 Å². The lowest BCUT2D eigenvalue weighted by Crippen LogP contribution is -2.17. The molecule has 1 fully saturated rings. The summed E-state index contributed by atoms with van der Waals surface area (Å²) in [5.74, 6) is 3.19. The van der Waals surface area contributed by atoms with E-state index in [0.29, 0.717) is 11.5 Å². The molecule has 2 aromatic rings. The molecule has 2 heterocycles. The van der Waals surface area contributed by atoms with Gasteiger partial charge < -0.3 is 5.32 Å². The fourth-order valence-electron chi connectivity index (χ4n) is 3.21. The molecule has 0 aromatic carbocycles. The van der Waals surface area contributed by atoms with Crippen molar-refractivity contribution in [3.05, 3.63) is 22.4 Å². The maximum absolute atomic E-state index is 11.5. The molecule has 21 heavy (non-hydrogen) atoms. The van der Waals surface area contributed by atoms with Gasteiger partial charge in [0.2, 0.25) is 0 Å². The van der Waals surface area contributed by atoms with Crippen LogP contribution in [0, 0.1) is 18.8 Å². The van der Waals surface area contributed by atoms with Gasteiger partial charge in [0.1, 0.15) is 11.6 Å². The van der Waals surface area contributed by atoms with E-state index in [1.807, 2.05) is 13.0 Å². The highest BCUT2D eigenvalue weighted by Gasteiger charge is 2.17. The Morgan fingerprint density at radius 3 is 2.90 bits per heavy atom. The van der Waals surface area contributed by atoms with Gasteiger partial charge in [-0.05, 0) is 25.2 Å². The first-order chi connectivity index (χ1) is 10.1. The number of aromatic amines is 1. The molecule has 0 saturated heterocycles. The first kappa shape index (κ1) is 14.1. The van der Waals surface area contributed by atoms with Crippen molar-refractivity contribution in [3.8, 4) is 0 Å². The Hall–Kier alpha value is -1.85. The zero-order valence-electron chi connectivity index (χ0n) is 12.7. The predicted octanol–water partition coefficient (Wildman–Crippen LogP) is 2.35. The average Bonchev–Trinajstić information content (AvgIpc) is 2.83. The van der Waals surface area contributed by atoms with Crippen molar-refractivity contribution >= 4 is 11.5 Å². The number of aromatic nitrogens is 4. The summed E-state index contributed by atoms with van der Waals surface area (Å²) in [6.07, 6.45) is 6.62. The molecule has 1 saturated carbocycles. The van der Waals surface area contributed by atoms with Crippen molar-refractivity contribution in [3.63, 3.8) is 0 Å². The van der Waals surface area contributed by atoms with Crippen molar-refractivity contribution < 1.29 is 0 Å². The third-order valence-electron chi connectivity index (χ3n) is 4.56. The maximum atomic E-state index is 11.5. The molecule has 0 atom stereocenters. The minimum atomic E-state index is -0.238. The quantitative estimate of drug-likeness (QED) is 0.906. The predicted molar refractivity (Wildman–Crippen MR) is 82.6 cm³/mol. The highest BCUT2D eigenvalue weighted by Crippen LogP contribution is 2.30. The molecule has 0 spiro atoms. The SMILES string of the molecule is Cc1nc(NCCC2CCC(C)CC2)cc2n[nH]c(=O)n12. The molecule has 0 bridgehead atoms. The molecule has 6 nitrogen and oxygen atoms in total. The third kappa shape index (κ3) is 3.09.